The van der Waals surface area contributed by atoms with Crippen molar-refractivity contribution >= 4 is 11.9 Å². The van der Waals surface area contributed by atoms with Crippen LogP contribution in [0.2, 0.25) is 0 Å². The lowest BCUT2D eigenvalue weighted by Crippen LogP contribution is -2.46. The molecule has 5 nitrogen and oxygen atoms in total. The number of aliphatic carboxylic acids is 1. The number of carboxylic acid groups (broad SMARTS) is 1. The van der Waals surface area contributed by atoms with Gasteiger partial charge in [0.25, 0.3) is 0 Å². The first-order valence-electron chi connectivity index (χ1n) is 9.90. The molecule has 0 bridgehead atoms. The fourth-order valence-electron chi connectivity index (χ4n) is 4.76. The molecule has 1 aromatic carbocycles. The number of nitrogens with zero attached hydrogens (tertiary/aromatic N) is 2. The number of halogens is 1. The summed E-state index contributed by atoms with van der Waals surface area (Å²) in [6, 6.07) is 6.69. The van der Waals surface area contributed by atoms with E-state index in [1.807, 2.05) is 22.9 Å². The maximum absolute atomic E-state index is 13.8. The number of carbonyl (C=O) groups is 2. The highest BCUT2D eigenvalue weighted by Gasteiger charge is 2.45. The number of amides is 1. The molecule has 1 saturated heterocycles. The Morgan fingerprint density at radius 3 is 2.63 bits per heavy atom. The van der Waals surface area contributed by atoms with Crippen LogP contribution in [0.25, 0.3) is 0 Å². The van der Waals surface area contributed by atoms with E-state index in [1.54, 1.807) is 6.07 Å². The number of carboxylic acids is 1. The van der Waals surface area contributed by atoms with Crippen LogP contribution in [-0.2, 0) is 15.0 Å². The van der Waals surface area contributed by atoms with Gasteiger partial charge in [-0.1, -0.05) is 25.0 Å². The van der Waals surface area contributed by atoms with Gasteiger partial charge in [0.05, 0.1) is 12.0 Å². The molecule has 1 atom stereocenters. The maximum atomic E-state index is 13.8. The fraction of sp³-hybridized carbons (Fsp3) is 0.619. The minimum Gasteiger partial charge on any atom is -0.480 e. The summed E-state index contributed by atoms with van der Waals surface area (Å²) in [5, 5.41) is 9.01. The van der Waals surface area contributed by atoms with Gasteiger partial charge >= 0.3 is 5.97 Å². The van der Waals surface area contributed by atoms with E-state index < -0.39 is 11.4 Å². The van der Waals surface area contributed by atoms with Crippen LogP contribution in [-0.4, -0.2) is 59.5 Å². The first-order valence-corrected chi connectivity index (χ1v) is 9.90. The summed E-state index contributed by atoms with van der Waals surface area (Å²) in [5.41, 5.74) is 0.198. The highest BCUT2D eigenvalue weighted by atomic mass is 19.1. The zero-order chi connectivity index (χ0) is 19.4. The summed E-state index contributed by atoms with van der Waals surface area (Å²) < 4.78 is 13.8. The Bertz CT molecular complexity index is 688. The van der Waals surface area contributed by atoms with Crippen LogP contribution < -0.4 is 0 Å². The molecule has 1 aromatic rings. The first-order chi connectivity index (χ1) is 12.9. The van der Waals surface area contributed by atoms with Crippen molar-refractivity contribution in [1.29, 1.82) is 0 Å². The van der Waals surface area contributed by atoms with Gasteiger partial charge in [-0.05, 0) is 56.8 Å². The number of benzene rings is 1. The second-order valence-electron chi connectivity index (χ2n) is 7.99. The Balaban J connectivity index is 1.75. The molecule has 6 heteroatoms. The zero-order valence-electron chi connectivity index (χ0n) is 16.0. The van der Waals surface area contributed by atoms with Gasteiger partial charge in [-0.25, -0.2) is 4.39 Å². The normalized spacial score (nSPS) is 22.6. The third-order valence-corrected chi connectivity index (χ3v) is 6.24. The molecule has 1 aliphatic carbocycles. The van der Waals surface area contributed by atoms with Gasteiger partial charge in [0, 0.05) is 19.1 Å². The minimum atomic E-state index is -0.828. The Morgan fingerprint density at radius 2 is 1.96 bits per heavy atom. The first kappa shape index (κ1) is 19.8. The summed E-state index contributed by atoms with van der Waals surface area (Å²) in [4.78, 5) is 28.3. The third kappa shape index (κ3) is 4.32. The smallest absolute Gasteiger partial charge is 0.317 e. The predicted molar refractivity (Wildman–Crippen MR) is 101 cm³/mol. The van der Waals surface area contributed by atoms with Gasteiger partial charge in [-0.3, -0.25) is 14.5 Å². The molecule has 3 rings (SSSR count). The number of hydrogen-bond donors (Lipinski definition) is 1. The summed E-state index contributed by atoms with van der Waals surface area (Å²) in [6.45, 7) is 1.34. The van der Waals surface area contributed by atoms with Crippen molar-refractivity contribution in [1.82, 2.24) is 9.80 Å². The van der Waals surface area contributed by atoms with Gasteiger partial charge in [-0.2, -0.15) is 0 Å². The van der Waals surface area contributed by atoms with Gasteiger partial charge in [0.2, 0.25) is 5.91 Å². The quantitative estimate of drug-likeness (QED) is 0.858. The number of likely N-dealkylation sites (N-methyl/N-ethyl adjacent to an activating group) is 1. The van der Waals surface area contributed by atoms with Crippen LogP contribution in [0, 0.1) is 5.82 Å². The molecule has 0 radical (unpaired) electrons. The highest BCUT2D eigenvalue weighted by Crippen LogP contribution is 2.43. The van der Waals surface area contributed by atoms with Crippen molar-refractivity contribution in [3.05, 3.63) is 35.6 Å². The van der Waals surface area contributed by atoms with E-state index in [0.717, 1.165) is 50.5 Å². The van der Waals surface area contributed by atoms with Crippen LogP contribution in [0.15, 0.2) is 24.3 Å². The van der Waals surface area contributed by atoms with Gasteiger partial charge in [-0.15, -0.1) is 0 Å². The molecule has 1 unspecified atom stereocenters. The topological polar surface area (TPSA) is 60.9 Å². The second kappa shape index (κ2) is 8.38. The lowest BCUT2D eigenvalue weighted by atomic mass is 9.77. The largest absolute Gasteiger partial charge is 0.480 e. The van der Waals surface area contributed by atoms with Crippen LogP contribution in [0.1, 0.15) is 50.5 Å². The predicted octanol–water partition coefficient (Wildman–Crippen LogP) is 3.04. The van der Waals surface area contributed by atoms with Crippen molar-refractivity contribution in [3.63, 3.8) is 0 Å². The number of hydrogen-bond acceptors (Lipinski definition) is 3. The van der Waals surface area contributed by atoms with Crippen molar-refractivity contribution in [2.75, 3.05) is 26.7 Å². The molecule has 1 aliphatic heterocycles. The molecular weight excluding hydrogens is 347 g/mol. The van der Waals surface area contributed by atoms with Crippen LogP contribution in [0.5, 0.6) is 0 Å². The number of likely N-dealkylation sites (tertiary alicyclic amines) is 1. The summed E-state index contributed by atoms with van der Waals surface area (Å²) >= 11 is 0. The second-order valence-corrected chi connectivity index (χ2v) is 7.99. The lowest BCUT2D eigenvalue weighted by Gasteiger charge is -2.34. The molecular formula is C21H29FN2O3. The average Bonchev–Trinajstić information content (AvgIpc) is 2.99. The Hall–Kier alpha value is -1.95. The Morgan fingerprint density at radius 1 is 1.22 bits per heavy atom. The molecule has 1 saturated carbocycles. The monoisotopic (exact) mass is 376 g/mol. The zero-order valence-corrected chi connectivity index (χ0v) is 16.0. The third-order valence-electron chi connectivity index (χ3n) is 6.24. The molecule has 1 amide bonds. The molecule has 1 N–H and O–H groups in total. The minimum absolute atomic E-state index is 0.0197. The average molecular weight is 376 g/mol. The van der Waals surface area contributed by atoms with Crippen molar-refractivity contribution in [2.24, 2.45) is 0 Å². The van der Waals surface area contributed by atoms with Crippen molar-refractivity contribution in [2.45, 2.75) is 56.4 Å². The van der Waals surface area contributed by atoms with Crippen LogP contribution in [0.4, 0.5) is 4.39 Å². The molecule has 0 spiro atoms. The van der Waals surface area contributed by atoms with Crippen LogP contribution in [0.3, 0.4) is 0 Å². The van der Waals surface area contributed by atoms with Crippen LogP contribution >= 0.6 is 0 Å². The van der Waals surface area contributed by atoms with Gasteiger partial charge in [0.15, 0.2) is 0 Å². The number of rotatable bonds is 5. The summed E-state index contributed by atoms with van der Waals surface area (Å²) in [6.07, 6.45) is 6.04. The van der Waals surface area contributed by atoms with Crippen molar-refractivity contribution < 1.29 is 19.1 Å². The van der Waals surface area contributed by atoms with E-state index >= 15 is 0 Å². The van der Waals surface area contributed by atoms with Gasteiger partial charge in [0.1, 0.15) is 5.82 Å². The SMILES string of the molecule is CN(CC(=O)O)C1CCCN(C(=O)C2(c3cccc(F)c3)CCCC2)CC1. The molecule has 148 valence electrons. The molecule has 2 aliphatic rings. The van der Waals surface area contributed by atoms with E-state index in [1.165, 1.54) is 12.1 Å². The molecule has 0 aromatic heterocycles. The summed E-state index contributed by atoms with van der Waals surface area (Å²) in [7, 11) is 1.83. The summed E-state index contributed by atoms with van der Waals surface area (Å²) in [5.74, 6) is -1.00. The van der Waals surface area contributed by atoms with E-state index in [2.05, 4.69) is 0 Å². The molecule has 1 heterocycles. The van der Waals surface area contributed by atoms with E-state index in [4.69, 9.17) is 5.11 Å². The lowest BCUT2D eigenvalue weighted by molar-refractivity contribution is -0.139. The fourth-order valence-corrected chi connectivity index (χ4v) is 4.76. The highest BCUT2D eigenvalue weighted by molar-refractivity contribution is 5.88. The standard InChI is InChI=1S/C21H29FN2O3/c1-23(15-19(25)26)18-8-5-12-24(13-9-18)20(27)21(10-2-3-11-21)16-6-4-7-17(22)14-16/h4,6-7,14,18H,2-3,5,8-13,15H2,1H3,(H,25,26). The van der Waals surface area contributed by atoms with E-state index in [0.29, 0.717) is 13.1 Å². The molecule has 2 fully saturated rings. The maximum Gasteiger partial charge on any atom is 0.317 e. The molecule has 27 heavy (non-hydrogen) atoms. The van der Waals surface area contributed by atoms with Gasteiger partial charge < -0.3 is 10.0 Å². The van der Waals surface area contributed by atoms with E-state index in [-0.39, 0.29) is 24.3 Å². The number of carbonyl (C=O) groups excluding carboxylic acids is 1. The Kier molecular flexibility index (Phi) is 6.15. The Labute approximate surface area is 160 Å². The van der Waals surface area contributed by atoms with E-state index in [9.17, 15) is 14.0 Å². The van der Waals surface area contributed by atoms with Crippen molar-refractivity contribution in [3.8, 4) is 0 Å².